The zero-order chi connectivity index (χ0) is 20.9. The molecular formula is C24H31N3O3. The summed E-state index contributed by atoms with van der Waals surface area (Å²) in [6.07, 6.45) is 0.887. The minimum atomic E-state index is 0.0744. The third-order valence-electron chi connectivity index (χ3n) is 5.90. The summed E-state index contributed by atoms with van der Waals surface area (Å²) >= 11 is 0. The predicted octanol–water partition coefficient (Wildman–Crippen LogP) is 3.11. The Kier molecular flexibility index (Phi) is 6.55. The summed E-state index contributed by atoms with van der Waals surface area (Å²) in [6.45, 7) is 9.56. The summed E-state index contributed by atoms with van der Waals surface area (Å²) < 4.78 is 10.9. The number of benzene rings is 2. The van der Waals surface area contributed by atoms with Crippen molar-refractivity contribution in [1.82, 2.24) is 15.1 Å². The lowest BCUT2D eigenvalue weighted by atomic mass is 10.0. The molecule has 2 aromatic rings. The minimum Gasteiger partial charge on any atom is -0.454 e. The normalized spacial score (nSPS) is 17.7. The first kappa shape index (κ1) is 20.7. The summed E-state index contributed by atoms with van der Waals surface area (Å²) in [5.74, 6) is 1.76. The maximum atomic E-state index is 12.6. The second-order valence-electron chi connectivity index (χ2n) is 8.18. The summed E-state index contributed by atoms with van der Waals surface area (Å²) in [4.78, 5) is 17.3. The number of carbonyl (C=O) groups excluding carboxylic acids is 1. The van der Waals surface area contributed by atoms with Crippen LogP contribution in [0.25, 0.3) is 0 Å². The van der Waals surface area contributed by atoms with Crippen molar-refractivity contribution in [3.8, 4) is 11.5 Å². The van der Waals surface area contributed by atoms with E-state index in [-0.39, 0.29) is 11.9 Å². The van der Waals surface area contributed by atoms with Crippen LogP contribution in [0.3, 0.4) is 0 Å². The van der Waals surface area contributed by atoms with Crippen LogP contribution in [0.1, 0.15) is 36.1 Å². The lowest BCUT2D eigenvalue weighted by Gasteiger charge is -2.34. The van der Waals surface area contributed by atoms with Gasteiger partial charge in [0.15, 0.2) is 11.5 Å². The number of piperazine rings is 1. The van der Waals surface area contributed by atoms with Gasteiger partial charge >= 0.3 is 0 Å². The molecule has 6 heteroatoms. The number of amides is 1. The molecule has 2 aliphatic heterocycles. The topological polar surface area (TPSA) is 54.0 Å². The quantitative estimate of drug-likeness (QED) is 0.762. The molecule has 1 atom stereocenters. The van der Waals surface area contributed by atoms with Crippen LogP contribution in [-0.4, -0.2) is 55.2 Å². The third-order valence-corrected chi connectivity index (χ3v) is 5.90. The Balaban J connectivity index is 1.23. The molecule has 1 amide bonds. The van der Waals surface area contributed by atoms with Crippen LogP contribution in [0.15, 0.2) is 42.5 Å². The zero-order valence-electron chi connectivity index (χ0n) is 17.9. The molecule has 1 saturated heterocycles. The van der Waals surface area contributed by atoms with Crippen LogP contribution >= 0.6 is 0 Å². The summed E-state index contributed by atoms with van der Waals surface area (Å²) in [7, 11) is 0. The Labute approximate surface area is 178 Å². The van der Waals surface area contributed by atoms with Gasteiger partial charge in [0.05, 0.1) is 12.6 Å². The van der Waals surface area contributed by atoms with Gasteiger partial charge in [-0.1, -0.05) is 42.8 Å². The summed E-state index contributed by atoms with van der Waals surface area (Å²) in [5.41, 5.74) is 3.64. The van der Waals surface area contributed by atoms with Crippen molar-refractivity contribution in [2.24, 2.45) is 0 Å². The molecule has 0 spiro atoms. The second-order valence-corrected chi connectivity index (χ2v) is 8.18. The SMILES string of the molecule is CC[C@H](NC(=O)CN1CCN(Cc2ccc3c(c2)OCO3)CC1)c1ccc(C)cc1. The van der Waals surface area contributed by atoms with Gasteiger partial charge in [0, 0.05) is 32.7 Å². The van der Waals surface area contributed by atoms with Gasteiger partial charge in [-0.3, -0.25) is 14.6 Å². The van der Waals surface area contributed by atoms with Crippen molar-refractivity contribution >= 4 is 5.91 Å². The minimum absolute atomic E-state index is 0.0744. The maximum Gasteiger partial charge on any atom is 0.234 e. The Bertz CT molecular complexity index is 860. The van der Waals surface area contributed by atoms with Gasteiger partial charge in [-0.15, -0.1) is 0 Å². The first-order valence-electron chi connectivity index (χ1n) is 10.8. The maximum absolute atomic E-state index is 12.6. The molecule has 30 heavy (non-hydrogen) atoms. The largest absolute Gasteiger partial charge is 0.454 e. The molecule has 160 valence electrons. The summed E-state index contributed by atoms with van der Waals surface area (Å²) in [6, 6.07) is 14.6. The highest BCUT2D eigenvalue weighted by Gasteiger charge is 2.21. The second kappa shape index (κ2) is 9.49. The smallest absolute Gasteiger partial charge is 0.234 e. The Morgan fingerprint density at radius 3 is 2.43 bits per heavy atom. The van der Waals surface area contributed by atoms with Gasteiger partial charge in [0.2, 0.25) is 12.7 Å². The van der Waals surface area contributed by atoms with Crippen molar-refractivity contribution in [2.75, 3.05) is 39.5 Å². The highest BCUT2D eigenvalue weighted by molar-refractivity contribution is 5.78. The van der Waals surface area contributed by atoms with E-state index in [1.807, 2.05) is 6.07 Å². The molecule has 0 radical (unpaired) electrons. The van der Waals surface area contributed by atoms with Crippen LogP contribution in [0.2, 0.25) is 0 Å². The van der Waals surface area contributed by atoms with Crippen LogP contribution in [0.4, 0.5) is 0 Å². The fourth-order valence-electron chi connectivity index (χ4n) is 4.07. The van der Waals surface area contributed by atoms with Gasteiger partial charge in [0.25, 0.3) is 0 Å². The average Bonchev–Trinajstić information content (AvgIpc) is 3.22. The Morgan fingerprint density at radius 2 is 1.70 bits per heavy atom. The number of carbonyl (C=O) groups is 1. The summed E-state index contributed by atoms with van der Waals surface area (Å²) in [5, 5.41) is 3.20. The molecule has 1 N–H and O–H groups in total. The van der Waals surface area contributed by atoms with E-state index in [2.05, 4.69) is 65.4 Å². The van der Waals surface area contributed by atoms with Gasteiger partial charge in [-0.2, -0.15) is 0 Å². The highest BCUT2D eigenvalue weighted by Crippen LogP contribution is 2.32. The first-order chi connectivity index (χ1) is 14.6. The lowest BCUT2D eigenvalue weighted by Crippen LogP contribution is -2.49. The van der Waals surface area contributed by atoms with E-state index in [1.54, 1.807) is 0 Å². The van der Waals surface area contributed by atoms with Gasteiger partial charge < -0.3 is 14.8 Å². The molecule has 4 rings (SSSR count). The number of aryl methyl sites for hydroxylation is 1. The number of nitrogens with zero attached hydrogens (tertiary/aromatic N) is 2. The standard InChI is InChI=1S/C24H31N3O3/c1-3-21(20-7-4-18(2)5-8-20)25-24(28)16-27-12-10-26(11-13-27)15-19-6-9-22-23(14-19)30-17-29-22/h4-9,14,21H,3,10-13,15-17H2,1-2H3,(H,25,28)/t21-/m0/s1. The van der Waals surface area contributed by atoms with E-state index in [0.29, 0.717) is 13.3 Å². The zero-order valence-corrected chi connectivity index (χ0v) is 17.9. The number of hydrogen-bond acceptors (Lipinski definition) is 5. The third kappa shape index (κ3) is 5.12. The fourth-order valence-corrected chi connectivity index (χ4v) is 4.07. The van der Waals surface area contributed by atoms with E-state index < -0.39 is 0 Å². The molecule has 1 fully saturated rings. The van der Waals surface area contributed by atoms with Crippen molar-refractivity contribution < 1.29 is 14.3 Å². The first-order valence-corrected chi connectivity index (χ1v) is 10.8. The van der Waals surface area contributed by atoms with E-state index >= 15 is 0 Å². The van der Waals surface area contributed by atoms with E-state index in [9.17, 15) is 4.79 Å². The Morgan fingerprint density at radius 1 is 1.00 bits per heavy atom. The molecule has 0 unspecified atom stereocenters. The van der Waals surface area contributed by atoms with Gasteiger partial charge in [-0.05, 0) is 36.6 Å². The lowest BCUT2D eigenvalue weighted by molar-refractivity contribution is -0.123. The molecule has 2 aromatic carbocycles. The van der Waals surface area contributed by atoms with E-state index in [1.165, 1.54) is 16.7 Å². The van der Waals surface area contributed by atoms with Crippen LogP contribution in [0, 0.1) is 6.92 Å². The molecule has 6 nitrogen and oxygen atoms in total. The number of nitrogens with one attached hydrogen (secondary N) is 1. The average molecular weight is 410 g/mol. The predicted molar refractivity (Wildman–Crippen MR) is 117 cm³/mol. The number of ether oxygens (including phenoxy) is 2. The van der Waals surface area contributed by atoms with Gasteiger partial charge in [-0.25, -0.2) is 0 Å². The van der Waals surface area contributed by atoms with Crippen molar-refractivity contribution in [3.63, 3.8) is 0 Å². The van der Waals surface area contributed by atoms with E-state index in [4.69, 9.17) is 9.47 Å². The number of fused-ring (bicyclic) bond motifs is 1. The molecule has 0 aromatic heterocycles. The number of rotatable bonds is 7. The molecule has 0 aliphatic carbocycles. The molecule has 2 heterocycles. The molecule has 2 aliphatic rings. The highest BCUT2D eigenvalue weighted by atomic mass is 16.7. The molecular weight excluding hydrogens is 378 g/mol. The van der Waals surface area contributed by atoms with Crippen LogP contribution < -0.4 is 14.8 Å². The molecule has 0 bridgehead atoms. The fraction of sp³-hybridized carbons (Fsp3) is 0.458. The molecule has 0 saturated carbocycles. The van der Waals surface area contributed by atoms with Crippen LogP contribution in [0.5, 0.6) is 11.5 Å². The number of hydrogen-bond donors (Lipinski definition) is 1. The monoisotopic (exact) mass is 409 g/mol. The Hall–Kier alpha value is -2.57. The van der Waals surface area contributed by atoms with E-state index in [0.717, 1.165) is 50.6 Å². The van der Waals surface area contributed by atoms with Crippen molar-refractivity contribution in [2.45, 2.75) is 32.9 Å². The van der Waals surface area contributed by atoms with Crippen molar-refractivity contribution in [3.05, 3.63) is 59.2 Å². The van der Waals surface area contributed by atoms with Crippen LogP contribution in [-0.2, 0) is 11.3 Å². The van der Waals surface area contributed by atoms with Crippen molar-refractivity contribution in [1.29, 1.82) is 0 Å². The van der Waals surface area contributed by atoms with Gasteiger partial charge in [0.1, 0.15) is 0 Å².